The van der Waals surface area contributed by atoms with Crippen LogP contribution in [0.2, 0.25) is 10.0 Å². The predicted octanol–water partition coefficient (Wildman–Crippen LogP) is 5.75. The Hall–Kier alpha value is -2.80. The highest BCUT2D eigenvalue weighted by molar-refractivity contribution is 6.42. The van der Waals surface area contributed by atoms with Gasteiger partial charge in [-0.25, -0.2) is 9.59 Å². The first kappa shape index (κ1) is 26.8. The number of allylic oxidation sites excluding steroid dienone is 2. The number of ether oxygens (including phenoxy) is 2. The summed E-state index contributed by atoms with van der Waals surface area (Å²) in [5.74, 6) is -2.66. The van der Waals surface area contributed by atoms with Crippen molar-refractivity contribution in [2.24, 2.45) is 5.92 Å². The summed E-state index contributed by atoms with van der Waals surface area (Å²) in [6, 6.07) is 14.9. The van der Waals surface area contributed by atoms with Crippen LogP contribution < -0.4 is 5.32 Å². The number of carbonyl (C=O) groups excluding carboxylic acids is 1. The Labute approximate surface area is 215 Å². The van der Waals surface area contributed by atoms with Crippen LogP contribution in [0.4, 0.5) is 0 Å². The van der Waals surface area contributed by atoms with Crippen LogP contribution in [-0.4, -0.2) is 37.4 Å². The lowest BCUT2D eigenvalue weighted by atomic mass is 9.80. The number of carboxylic acid groups (broad SMARTS) is 1. The van der Waals surface area contributed by atoms with Gasteiger partial charge < -0.3 is 19.9 Å². The summed E-state index contributed by atoms with van der Waals surface area (Å²) in [6.45, 7) is 4.07. The molecule has 0 saturated carbocycles. The zero-order valence-corrected chi connectivity index (χ0v) is 21.4. The molecule has 1 aliphatic heterocycles. The third-order valence-electron chi connectivity index (χ3n) is 6.05. The van der Waals surface area contributed by atoms with E-state index in [1.54, 1.807) is 39.2 Å². The number of esters is 1. The maximum absolute atomic E-state index is 13.5. The number of methoxy groups -OCH3 is 1. The average molecular weight is 518 g/mol. The van der Waals surface area contributed by atoms with Crippen LogP contribution in [0.1, 0.15) is 37.3 Å². The van der Waals surface area contributed by atoms with E-state index in [1.807, 2.05) is 30.3 Å². The Morgan fingerprint density at radius 1 is 1.03 bits per heavy atom. The van der Waals surface area contributed by atoms with E-state index in [4.69, 9.17) is 32.7 Å². The van der Waals surface area contributed by atoms with Crippen molar-refractivity contribution in [3.8, 4) is 0 Å². The van der Waals surface area contributed by atoms with E-state index in [-0.39, 0.29) is 33.7 Å². The summed E-state index contributed by atoms with van der Waals surface area (Å²) in [6.07, 6.45) is 1.43. The number of benzene rings is 2. The van der Waals surface area contributed by atoms with Crippen LogP contribution in [0, 0.1) is 5.92 Å². The second-order valence-electron chi connectivity index (χ2n) is 8.52. The Morgan fingerprint density at radius 3 is 2.37 bits per heavy atom. The molecule has 0 amide bonds. The van der Waals surface area contributed by atoms with Crippen molar-refractivity contribution < 1.29 is 24.2 Å². The molecule has 3 rings (SSSR count). The van der Waals surface area contributed by atoms with Gasteiger partial charge in [0.25, 0.3) is 0 Å². The molecule has 0 radical (unpaired) electrons. The molecule has 186 valence electrons. The fourth-order valence-corrected chi connectivity index (χ4v) is 4.77. The van der Waals surface area contributed by atoms with Crippen molar-refractivity contribution >= 4 is 35.1 Å². The Kier molecular flexibility index (Phi) is 9.38. The molecule has 2 aromatic rings. The molecule has 2 aromatic carbocycles. The quantitative estimate of drug-likeness (QED) is 0.390. The molecule has 0 saturated heterocycles. The molecule has 1 aliphatic rings. The lowest BCUT2D eigenvalue weighted by Crippen LogP contribution is -2.32. The highest BCUT2D eigenvalue weighted by atomic mass is 35.5. The van der Waals surface area contributed by atoms with E-state index in [0.29, 0.717) is 30.0 Å². The first-order valence-electron chi connectivity index (χ1n) is 11.3. The molecule has 0 bridgehead atoms. The van der Waals surface area contributed by atoms with Gasteiger partial charge in [0.1, 0.15) is 0 Å². The highest BCUT2D eigenvalue weighted by Crippen LogP contribution is 2.43. The van der Waals surface area contributed by atoms with E-state index in [1.165, 1.54) is 0 Å². The van der Waals surface area contributed by atoms with Gasteiger partial charge in [-0.2, -0.15) is 0 Å². The monoisotopic (exact) mass is 517 g/mol. The standard InChI is InChI=1S/C27H29Cl2NO5/c1-16-22(26(31)32)24(20-10-7-11-21(28)25(20)29)23(17(2)30-16)27(33)35-15-19(12-13-34-3)14-18-8-5-4-6-9-18/h4-11,19,24,30H,12-15H2,1-3H3,(H,31,32). The van der Waals surface area contributed by atoms with Gasteiger partial charge >= 0.3 is 11.9 Å². The Balaban J connectivity index is 1.91. The summed E-state index contributed by atoms with van der Waals surface area (Å²) in [4.78, 5) is 25.7. The average Bonchev–Trinajstić information content (AvgIpc) is 2.82. The molecule has 0 spiro atoms. The lowest BCUT2D eigenvalue weighted by molar-refractivity contribution is -0.141. The summed E-state index contributed by atoms with van der Waals surface area (Å²) in [5, 5.41) is 13.5. The molecule has 0 aromatic heterocycles. The van der Waals surface area contributed by atoms with Crippen LogP contribution in [-0.2, 0) is 25.5 Å². The van der Waals surface area contributed by atoms with Crippen LogP contribution >= 0.6 is 23.2 Å². The predicted molar refractivity (Wildman–Crippen MR) is 136 cm³/mol. The number of carboxylic acids is 1. The first-order valence-corrected chi connectivity index (χ1v) is 12.1. The van der Waals surface area contributed by atoms with Crippen LogP contribution in [0.5, 0.6) is 0 Å². The van der Waals surface area contributed by atoms with E-state index < -0.39 is 17.9 Å². The third kappa shape index (κ3) is 6.45. The molecule has 2 unspecified atom stereocenters. The minimum absolute atomic E-state index is 0.0203. The third-order valence-corrected chi connectivity index (χ3v) is 6.88. The minimum atomic E-state index is -1.16. The van der Waals surface area contributed by atoms with Crippen molar-refractivity contribution in [2.45, 2.75) is 32.6 Å². The van der Waals surface area contributed by atoms with E-state index >= 15 is 0 Å². The van der Waals surface area contributed by atoms with E-state index in [9.17, 15) is 14.7 Å². The second kappa shape index (κ2) is 12.2. The van der Waals surface area contributed by atoms with Crippen molar-refractivity contribution in [3.05, 3.63) is 92.2 Å². The van der Waals surface area contributed by atoms with Gasteiger partial charge in [0, 0.05) is 25.1 Å². The smallest absolute Gasteiger partial charge is 0.336 e. The molecule has 2 atom stereocenters. The van der Waals surface area contributed by atoms with Crippen LogP contribution in [0.3, 0.4) is 0 Å². The van der Waals surface area contributed by atoms with Crippen molar-refractivity contribution in [3.63, 3.8) is 0 Å². The Morgan fingerprint density at radius 2 is 1.71 bits per heavy atom. The number of dihydropyridines is 1. The number of hydrogen-bond donors (Lipinski definition) is 2. The zero-order chi connectivity index (χ0) is 25.5. The van der Waals surface area contributed by atoms with Gasteiger partial charge in [0.15, 0.2) is 0 Å². The molecule has 0 fully saturated rings. The van der Waals surface area contributed by atoms with Crippen molar-refractivity contribution in [2.75, 3.05) is 20.3 Å². The maximum atomic E-state index is 13.5. The second-order valence-corrected chi connectivity index (χ2v) is 9.30. The van der Waals surface area contributed by atoms with Crippen molar-refractivity contribution in [1.29, 1.82) is 0 Å². The topological polar surface area (TPSA) is 84.9 Å². The van der Waals surface area contributed by atoms with Crippen LogP contribution in [0.25, 0.3) is 0 Å². The van der Waals surface area contributed by atoms with Crippen molar-refractivity contribution in [1.82, 2.24) is 5.32 Å². The van der Waals surface area contributed by atoms with Gasteiger partial charge in [-0.1, -0.05) is 65.7 Å². The largest absolute Gasteiger partial charge is 0.478 e. The number of hydrogen-bond acceptors (Lipinski definition) is 5. The SMILES string of the molecule is COCCC(COC(=O)C1=C(C)NC(C)=C(C(=O)O)C1c1cccc(Cl)c1Cl)Cc1ccccc1. The van der Waals surface area contributed by atoms with Gasteiger partial charge in [-0.05, 0) is 49.8 Å². The lowest BCUT2D eigenvalue weighted by Gasteiger charge is -2.30. The number of aliphatic carboxylic acids is 1. The maximum Gasteiger partial charge on any atom is 0.336 e. The number of carbonyl (C=O) groups is 2. The molecular weight excluding hydrogens is 489 g/mol. The van der Waals surface area contributed by atoms with Gasteiger partial charge in [0.2, 0.25) is 0 Å². The summed E-state index contributed by atoms with van der Waals surface area (Å²) in [5.41, 5.74) is 2.72. The fourth-order valence-electron chi connectivity index (χ4n) is 4.35. The molecular formula is C27H29Cl2NO5. The Bertz CT molecular complexity index is 1140. The first-order chi connectivity index (χ1) is 16.7. The van der Waals surface area contributed by atoms with Gasteiger partial charge in [-0.3, -0.25) is 0 Å². The summed E-state index contributed by atoms with van der Waals surface area (Å²) >= 11 is 12.7. The summed E-state index contributed by atoms with van der Waals surface area (Å²) in [7, 11) is 1.63. The zero-order valence-electron chi connectivity index (χ0n) is 19.9. The molecule has 8 heteroatoms. The normalized spacial score (nSPS) is 16.7. The minimum Gasteiger partial charge on any atom is -0.478 e. The van der Waals surface area contributed by atoms with Crippen LogP contribution in [0.15, 0.2) is 71.1 Å². The number of halogens is 2. The number of rotatable bonds is 10. The molecule has 2 N–H and O–H groups in total. The van der Waals surface area contributed by atoms with Gasteiger partial charge in [0.05, 0.1) is 33.7 Å². The molecule has 35 heavy (non-hydrogen) atoms. The summed E-state index contributed by atoms with van der Waals surface area (Å²) < 4.78 is 11.0. The molecule has 6 nitrogen and oxygen atoms in total. The van der Waals surface area contributed by atoms with E-state index in [0.717, 1.165) is 12.0 Å². The number of nitrogens with one attached hydrogen (secondary N) is 1. The molecule has 0 aliphatic carbocycles. The fraction of sp³-hybridized carbons (Fsp3) is 0.333. The van der Waals surface area contributed by atoms with Gasteiger partial charge in [-0.15, -0.1) is 0 Å². The highest BCUT2D eigenvalue weighted by Gasteiger charge is 2.38. The van der Waals surface area contributed by atoms with E-state index in [2.05, 4.69) is 5.32 Å². The molecule has 1 heterocycles.